The number of nitrogens with one attached hydrogen (secondary N) is 1. The van der Waals surface area contributed by atoms with Gasteiger partial charge in [0.05, 0.1) is 0 Å². The summed E-state index contributed by atoms with van der Waals surface area (Å²) in [6.45, 7) is 3.26. The Labute approximate surface area is 91.7 Å². The standard InChI is InChI=1S/C9H13NO6/c1-2-5-16-9(15)10-6(8(13)14)3-4-7(11)12/h2,6H,1,3-5H2,(H,10,15)(H,11,12)(H,13,14). The second-order valence-electron chi connectivity index (χ2n) is 2.85. The zero-order chi connectivity index (χ0) is 12.6. The van der Waals surface area contributed by atoms with Crippen LogP contribution in [0.4, 0.5) is 4.79 Å². The Morgan fingerprint density at radius 2 is 2.00 bits per heavy atom. The van der Waals surface area contributed by atoms with Gasteiger partial charge in [-0.05, 0) is 6.42 Å². The number of aliphatic carboxylic acids is 2. The molecule has 0 aliphatic heterocycles. The fourth-order valence-corrected chi connectivity index (χ4v) is 0.844. The summed E-state index contributed by atoms with van der Waals surface area (Å²) in [4.78, 5) is 31.8. The van der Waals surface area contributed by atoms with Crippen LogP contribution >= 0.6 is 0 Å². The van der Waals surface area contributed by atoms with E-state index in [-0.39, 0.29) is 19.4 Å². The summed E-state index contributed by atoms with van der Waals surface area (Å²) in [6.07, 6.45) is -0.142. The van der Waals surface area contributed by atoms with E-state index in [1.165, 1.54) is 6.08 Å². The number of carbonyl (C=O) groups excluding carboxylic acids is 1. The minimum absolute atomic E-state index is 0.0445. The van der Waals surface area contributed by atoms with Crippen LogP contribution in [0.5, 0.6) is 0 Å². The SMILES string of the molecule is C=CCOC(=O)NC(CCC(=O)O)C(=O)O. The maximum absolute atomic E-state index is 11.0. The third kappa shape index (κ3) is 6.41. The highest BCUT2D eigenvalue weighted by Crippen LogP contribution is 1.98. The topological polar surface area (TPSA) is 113 Å². The quantitative estimate of drug-likeness (QED) is 0.540. The molecule has 0 saturated carbocycles. The van der Waals surface area contributed by atoms with Gasteiger partial charge in [0.2, 0.25) is 0 Å². The molecule has 0 radical (unpaired) electrons. The van der Waals surface area contributed by atoms with Crippen molar-refractivity contribution in [2.75, 3.05) is 6.61 Å². The molecule has 3 N–H and O–H groups in total. The molecule has 7 heteroatoms. The molecule has 0 saturated heterocycles. The Bertz CT molecular complexity index is 288. The van der Waals surface area contributed by atoms with Crippen molar-refractivity contribution in [2.45, 2.75) is 18.9 Å². The molecule has 1 atom stereocenters. The summed E-state index contributed by atoms with van der Waals surface area (Å²) in [6, 6.07) is -1.27. The number of rotatable bonds is 7. The number of hydrogen-bond acceptors (Lipinski definition) is 4. The van der Waals surface area contributed by atoms with Crippen LogP contribution in [0.15, 0.2) is 12.7 Å². The molecular weight excluding hydrogens is 218 g/mol. The highest BCUT2D eigenvalue weighted by atomic mass is 16.5. The summed E-state index contributed by atoms with van der Waals surface area (Å²) >= 11 is 0. The molecular formula is C9H13NO6. The van der Waals surface area contributed by atoms with Crippen LogP contribution in [0.3, 0.4) is 0 Å². The molecule has 1 unspecified atom stereocenters. The lowest BCUT2D eigenvalue weighted by Gasteiger charge is -2.12. The lowest BCUT2D eigenvalue weighted by molar-refractivity contribution is -0.140. The highest BCUT2D eigenvalue weighted by Gasteiger charge is 2.21. The van der Waals surface area contributed by atoms with Crippen LogP contribution in [-0.4, -0.2) is 40.9 Å². The van der Waals surface area contributed by atoms with Crippen molar-refractivity contribution in [3.05, 3.63) is 12.7 Å². The van der Waals surface area contributed by atoms with E-state index < -0.39 is 24.1 Å². The fourth-order valence-electron chi connectivity index (χ4n) is 0.844. The number of hydrogen-bond donors (Lipinski definition) is 3. The van der Waals surface area contributed by atoms with Gasteiger partial charge in [-0.25, -0.2) is 9.59 Å². The zero-order valence-corrected chi connectivity index (χ0v) is 8.51. The molecule has 0 heterocycles. The molecule has 0 spiro atoms. The lowest BCUT2D eigenvalue weighted by atomic mass is 10.1. The Morgan fingerprint density at radius 3 is 2.44 bits per heavy atom. The van der Waals surface area contributed by atoms with Gasteiger partial charge in [0.25, 0.3) is 0 Å². The summed E-state index contributed by atoms with van der Waals surface area (Å²) in [5.41, 5.74) is 0. The van der Waals surface area contributed by atoms with Gasteiger partial charge in [-0.2, -0.15) is 0 Å². The first-order valence-corrected chi connectivity index (χ1v) is 4.46. The van der Waals surface area contributed by atoms with Gasteiger partial charge in [0, 0.05) is 6.42 Å². The molecule has 16 heavy (non-hydrogen) atoms. The Morgan fingerprint density at radius 1 is 1.38 bits per heavy atom. The molecule has 0 aromatic carbocycles. The molecule has 0 aromatic heterocycles. The third-order valence-electron chi connectivity index (χ3n) is 1.57. The van der Waals surface area contributed by atoms with Crippen molar-refractivity contribution < 1.29 is 29.3 Å². The lowest BCUT2D eigenvalue weighted by Crippen LogP contribution is -2.41. The Kier molecular flexibility index (Phi) is 6.34. The predicted molar refractivity (Wildman–Crippen MR) is 53.0 cm³/mol. The number of amides is 1. The molecule has 0 aromatic rings. The summed E-state index contributed by atoms with van der Waals surface area (Å²) < 4.78 is 4.50. The van der Waals surface area contributed by atoms with Gasteiger partial charge in [0.1, 0.15) is 12.6 Å². The third-order valence-corrected chi connectivity index (χ3v) is 1.57. The average Bonchev–Trinajstić information content (AvgIpc) is 2.20. The second kappa shape index (κ2) is 7.27. The first-order valence-electron chi connectivity index (χ1n) is 4.46. The number of carboxylic acid groups (broad SMARTS) is 2. The molecule has 0 aliphatic carbocycles. The largest absolute Gasteiger partial charge is 0.481 e. The maximum Gasteiger partial charge on any atom is 0.408 e. The normalized spacial score (nSPS) is 11.2. The second-order valence-corrected chi connectivity index (χ2v) is 2.85. The van der Waals surface area contributed by atoms with Gasteiger partial charge < -0.3 is 20.3 Å². The summed E-state index contributed by atoms with van der Waals surface area (Å²) in [7, 11) is 0. The van der Waals surface area contributed by atoms with E-state index >= 15 is 0 Å². The van der Waals surface area contributed by atoms with Gasteiger partial charge in [0.15, 0.2) is 0 Å². The number of carbonyl (C=O) groups is 3. The van der Waals surface area contributed by atoms with Crippen LogP contribution in [0.2, 0.25) is 0 Å². The smallest absolute Gasteiger partial charge is 0.408 e. The van der Waals surface area contributed by atoms with Crippen molar-refractivity contribution in [1.82, 2.24) is 5.32 Å². The first-order chi connectivity index (χ1) is 7.47. The molecule has 90 valence electrons. The van der Waals surface area contributed by atoms with Gasteiger partial charge in [-0.3, -0.25) is 4.79 Å². The molecule has 0 bridgehead atoms. The minimum Gasteiger partial charge on any atom is -0.481 e. The van der Waals surface area contributed by atoms with Gasteiger partial charge in [-0.15, -0.1) is 0 Å². The molecule has 0 fully saturated rings. The van der Waals surface area contributed by atoms with E-state index in [1.54, 1.807) is 0 Å². The van der Waals surface area contributed by atoms with Crippen molar-refractivity contribution >= 4 is 18.0 Å². The van der Waals surface area contributed by atoms with Crippen LogP contribution in [-0.2, 0) is 14.3 Å². The van der Waals surface area contributed by atoms with E-state index in [9.17, 15) is 14.4 Å². The van der Waals surface area contributed by atoms with Crippen LogP contribution in [0.1, 0.15) is 12.8 Å². The van der Waals surface area contributed by atoms with Crippen molar-refractivity contribution in [3.8, 4) is 0 Å². The van der Waals surface area contributed by atoms with E-state index in [4.69, 9.17) is 10.2 Å². The number of ether oxygens (including phenoxy) is 1. The van der Waals surface area contributed by atoms with E-state index in [2.05, 4.69) is 11.3 Å². The van der Waals surface area contributed by atoms with Gasteiger partial charge >= 0.3 is 18.0 Å². The molecule has 0 rings (SSSR count). The van der Waals surface area contributed by atoms with Crippen molar-refractivity contribution in [3.63, 3.8) is 0 Å². The zero-order valence-electron chi connectivity index (χ0n) is 8.51. The van der Waals surface area contributed by atoms with Crippen molar-refractivity contribution in [1.29, 1.82) is 0 Å². The summed E-state index contributed by atoms with van der Waals surface area (Å²) in [5.74, 6) is -2.44. The van der Waals surface area contributed by atoms with Crippen LogP contribution in [0.25, 0.3) is 0 Å². The van der Waals surface area contributed by atoms with E-state index in [0.29, 0.717) is 0 Å². The maximum atomic E-state index is 11.0. The monoisotopic (exact) mass is 231 g/mol. The van der Waals surface area contributed by atoms with Gasteiger partial charge in [-0.1, -0.05) is 12.7 Å². The Hall–Kier alpha value is -2.05. The minimum atomic E-state index is -1.31. The number of carboxylic acids is 2. The number of alkyl carbamates (subject to hydrolysis) is 1. The van der Waals surface area contributed by atoms with Crippen molar-refractivity contribution in [2.24, 2.45) is 0 Å². The Balaban J connectivity index is 4.11. The highest BCUT2D eigenvalue weighted by molar-refractivity contribution is 5.80. The van der Waals surface area contributed by atoms with Crippen LogP contribution in [0, 0.1) is 0 Å². The predicted octanol–water partition coefficient (Wildman–Crippen LogP) is 0.217. The van der Waals surface area contributed by atoms with Crippen LogP contribution < -0.4 is 5.32 Å². The average molecular weight is 231 g/mol. The summed E-state index contributed by atoms with van der Waals surface area (Å²) in [5, 5.41) is 19.1. The first kappa shape index (κ1) is 13.9. The molecule has 0 aliphatic rings. The van der Waals surface area contributed by atoms with E-state index in [0.717, 1.165) is 0 Å². The van der Waals surface area contributed by atoms with E-state index in [1.807, 2.05) is 5.32 Å². The molecule has 7 nitrogen and oxygen atoms in total. The fraction of sp³-hybridized carbons (Fsp3) is 0.444. The molecule has 1 amide bonds.